The van der Waals surface area contributed by atoms with Crippen molar-refractivity contribution in [1.29, 1.82) is 0 Å². The summed E-state index contributed by atoms with van der Waals surface area (Å²) in [5.74, 6) is -1.49. The molecule has 5 rings (SSSR count). The summed E-state index contributed by atoms with van der Waals surface area (Å²) in [4.78, 5) is 27.0. The molecule has 10 heteroatoms. The van der Waals surface area contributed by atoms with Gasteiger partial charge in [-0.15, -0.1) is 3.89 Å². The maximum atomic E-state index is 14.6. The lowest BCUT2D eigenvalue weighted by Crippen LogP contribution is -2.65. The van der Waals surface area contributed by atoms with Crippen LogP contribution in [0.5, 0.6) is 0 Å². The number of allylic oxidation sites excluding steroid dienone is 1. The Kier molecular flexibility index (Phi) is 7.91. The van der Waals surface area contributed by atoms with E-state index in [-0.39, 0.29) is 17.3 Å². The highest BCUT2D eigenvalue weighted by molar-refractivity contribution is 7.91. The predicted molar refractivity (Wildman–Crippen MR) is 158 cm³/mol. The van der Waals surface area contributed by atoms with Crippen molar-refractivity contribution >= 4 is 39.1 Å². The number of halogens is 2. The van der Waals surface area contributed by atoms with Crippen molar-refractivity contribution in [3.63, 3.8) is 0 Å². The Morgan fingerprint density at radius 3 is 2.41 bits per heavy atom. The number of quaternary nitrogens is 1. The number of carbonyl (C=O) groups is 2. The van der Waals surface area contributed by atoms with E-state index in [1.807, 2.05) is 18.2 Å². The number of benzene rings is 3. The maximum Gasteiger partial charge on any atom is 0.339 e. The van der Waals surface area contributed by atoms with E-state index in [1.165, 1.54) is 19.1 Å². The summed E-state index contributed by atoms with van der Waals surface area (Å²) in [5, 5.41) is 6.79. The summed E-state index contributed by atoms with van der Waals surface area (Å²) >= 11 is 6.26. The van der Waals surface area contributed by atoms with E-state index in [4.69, 9.17) is 11.6 Å². The van der Waals surface area contributed by atoms with Gasteiger partial charge in [-0.25, -0.2) is 9.18 Å². The Balaban J connectivity index is 1.69. The molecule has 2 aliphatic rings. The molecule has 0 bridgehead atoms. The average Bonchev–Trinajstić information content (AvgIpc) is 3.19. The van der Waals surface area contributed by atoms with Gasteiger partial charge in [-0.05, 0) is 87.0 Å². The zero-order chi connectivity index (χ0) is 29.4. The first-order chi connectivity index (χ1) is 19.6. The van der Waals surface area contributed by atoms with Crippen LogP contribution in [0.4, 0.5) is 10.1 Å². The molecule has 1 fully saturated rings. The maximum absolute atomic E-state index is 14.6. The zero-order valence-corrected chi connectivity index (χ0v) is 24.4. The fraction of sp³-hybridized carbons (Fsp3) is 0.290. The SMILES string of the molecule is C/C=C/C1C2(CCNCC2)c2cc(C(=O)NCc3ccccc3Cl)ccc2[N+]1(C(C)=O)S(=O)(=O)c1ccc(F)cc1. The van der Waals surface area contributed by atoms with Gasteiger partial charge >= 0.3 is 15.9 Å². The molecule has 2 N–H and O–H groups in total. The second-order valence-corrected chi connectivity index (χ2v) is 12.9. The summed E-state index contributed by atoms with van der Waals surface area (Å²) in [7, 11) is -4.43. The fourth-order valence-corrected chi connectivity index (χ4v) is 8.80. The van der Waals surface area contributed by atoms with Gasteiger partial charge in [0.25, 0.3) is 5.91 Å². The highest BCUT2D eigenvalue weighted by atomic mass is 35.5. The quantitative estimate of drug-likeness (QED) is 0.300. The van der Waals surface area contributed by atoms with E-state index in [9.17, 15) is 22.4 Å². The number of carbonyl (C=O) groups excluding carboxylic acids is 2. The van der Waals surface area contributed by atoms with Crippen LogP contribution in [0.2, 0.25) is 5.02 Å². The second-order valence-electron chi connectivity index (χ2n) is 10.5. The molecule has 1 saturated heterocycles. The van der Waals surface area contributed by atoms with Crippen LogP contribution in [0.25, 0.3) is 0 Å². The van der Waals surface area contributed by atoms with Crippen LogP contribution in [0, 0.1) is 5.82 Å². The van der Waals surface area contributed by atoms with Crippen molar-refractivity contribution in [2.45, 2.75) is 49.6 Å². The number of rotatable bonds is 6. The van der Waals surface area contributed by atoms with E-state index in [0.717, 1.165) is 17.7 Å². The number of nitrogens with zero attached hydrogens (tertiary/aromatic N) is 1. The first kappa shape index (κ1) is 29.1. The smallest absolute Gasteiger partial charge is 0.339 e. The number of fused-ring (bicyclic) bond motifs is 2. The summed E-state index contributed by atoms with van der Waals surface area (Å²) < 4.78 is 42.0. The lowest BCUT2D eigenvalue weighted by molar-refractivity contribution is -0.125. The molecule has 3 aromatic carbocycles. The molecule has 0 aromatic heterocycles. The van der Waals surface area contributed by atoms with Gasteiger partial charge in [0.2, 0.25) is 0 Å². The number of piperidine rings is 1. The third-order valence-corrected chi connectivity index (χ3v) is 11.0. The summed E-state index contributed by atoms with van der Waals surface area (Å²) in [6.07, 6.45) is 4.69. The lowest BCUT2D eigenvalue weighted by atomic mass is 9.69. The number of sulfonamides is 1. The highest BCUT2D eigenvalue weighted by Crippen LogP contribution is 2.57. The largest absolute Gasteiger partial charge is 0.348 e. The summed E-state index contributed by atoms with van der Waals surface area (Å²) in [5.41, 5.74) is 1.35. The third-order valence-electron chi connectivity index (χ3n) is 8.34. The molecule has 2 heterocycles. The minimum absolute atomic E-state index is 0.151. The zero-order valence-electron chi connectivity index (χ0n) is 22.9. The van der Waals surface area contributed by atoms with Gasteiger partial charge in [0.1, 0.15) is 16.8 Å². The Morgan fingerprint density at radius 2 is 1.78 bits per heavy atom. The first-order valence-electron chi connectivity index (χ1n) is 13.5. The lowest BCUT2D eigenvalue weighted by Gasteiger charge is -2.42. The van der Waals surface area contributed by atoms with Crippen LogP contribution < -0.4 is 14.5 Å². The summed E-state index contributed by atoms with van der Waals surface area (Å²) in [6.45, 7) is 4.53. The van der Waals surface area contributed by atoms with Gasteiger partial charge in [-0.1, -0.05) is 35.9 Å². The van der Waals surface area contributed by atoms with Crippen molar-refractivity contribution in [2.75, 3.05) is 13.1 Å². The van der Waals surface area contributed by atoms with E-state index >= 15 is 0 Å². The molecule has 3 aromatic rings. The van der Waals surface area contributed by atoms with Crippen molar-refractivity contribution in [3.05, 3.63) is 106 Å². The average molecular weight is 597 g/mol. The van der Waals surface area contributed by atoms with Gasteiger partial charge in [0.05, 0.1) is 12.3 Å². The number of nitrogens with one attached hydrogen (secondary N) is 2. The van der Waals surface area contributed by atoms with E-state index in [1.54, 1.807) is 43.3 Å². The molecule has 1 spiro atoms. The monoisotopic (exact) mass is 596 g/mol. The van der Waals surface area contributed by atoms with Crippen LogP contribution in [-0.2, 0) is 26.8 Å². The van der Waals surface area contributed by atoms with Crippen LogP contribution in [0.3, 0.4) is 0 Å². The topological polar surface area (TPSA) is 92.3 Å². The van der Waals surface area contributed by atoms with Crippen LogP contribution in [0.1, 0.15) is 48.2 Å². The third kappa shape index (κ3) is 4.61. The van der Waals surface area contributed by atoms with Gasteiger partial charge < -0.3 is 10.6 Å². The Hall–Kier alpha value is -3.37. The van der Waals surface area contributed by atoms with Gasteiger partial charge in [-0.3, -0.25) is 4.79 Å². The van der Waals surface area contributed by atoms with Crippen molar-refractivity contribution < 1.29 is 22.4 Å². The standard InChI is InChI=1S/C31H31ClFN3O4S/c1-3-6-29-31(15-17-34-18-16-31)26-19-22(30(38)35-20-23-7-4-5-8-27(23)32)9-14-28(26)36(29,21(2)37)41(39,40)25-12-10-24(33)11-13-25/h3-14,19,29,34H,15-18,20H2,1-2H3/p+1/b6-3+. The molecular weight excluding hydrogens is 565 g/mol. The number of hydrogen-bond acceptors (Lipinski definition) is 5. The van der Waals surface area contributed by atoms with E-state index < -0.39 is 37.1 Å². The second kappa shape index (κ2) is 11.1. The number of hydrogen-bond donors (Lipinski definition) is 2. The van der Waals surface area contributed by atoms with Crippen LogP contribution in [-0.4, -0.2) is 39.4 Å². The molecule has 2 amide bonds. The molecule has 41 heavy (non-hydrogen) atoms. The fourth-order valence-electron chi connectivity index (χ4n) is 6.45. The van der Waals surface area contributed by atoms with Crippen molar-refractivity contribution in [3.8, 4) is 0 Å². The molecule has 214 valence electrons. The molecule has 0 radical (unpaired) electrons. The van der Waals surface area contributed by atoms with Gasteiger partial charge in [-0.2, -0.15) is 8.42 Å². The normalized spacial score (nSPS) is 21.6. The minimum atomic E-state index is -4.43. The van der Waals surface area contributed by atoms with E-state index in [0.29, 0.717) is 47.8 Å². The first-order valence-corrected chi connectivity index (χ1v) is 15.3. The molecule has 2 atom stereocenters. The molecule has 0 saturated carbocycles. The Labute approximate surface area is 244 Å². The predicted octanol–water partition coefficient (Wildman–Crippen LogP) is 5.23. The van der Waals surface area contributed by atoms with Gasteiger partial charge in [0.15, 0.2) is 5.69 Å². The molecule has 2 aliphatic heterocycles. The van der Waals surface area contributed by atoms with Crippen molar-refractivity contribution in [1.82, 2.24) is 14.5 Å². The van der Waals surface area contributed by atoms with Crippen LogP contribution >= 0.6 is 11.6 Å². The van der Waals surface area contributed by atoms with Crippen molar-refractivity contribution in [2.24, 2.45) is 0 Å². The van der Waals surface area contributed by atoms with Crippen LogP contribution in [0.15, 0.2) is 83.8 Å². The molecule has 7 nitrogen and oxygen atoms in total. The number of amides is 2. The highest BCUT2D eigenvalue weighted by Gasteiger charge is 2.69. The van der Waals surface area contributed by atoms with Gasteiger partial charge in [0, 0.05) is 28.8 Å². The molecule has 0 aliphatic carbocycles. The minimum Gasteiger partial charge on any atom is -0.348 e. The Morgan fingerprint density at radius 1 is 1.10 bits per heavy atom. The summed E-state index contributed by atoms with van der Waals surface area (Å²) in [6, 6.07) is 15.9. The Bertz CT molecular complexity index is 1640. The molecular formula is C31H32ClFN3O4S+. The van der Waals surface area contributed by atoms with E-state index in [2.05, 4.69) is 10.6 Å². The molecule has 2 unspecified atom stereocenters.